The summed E-state index contributed by atoms with van der Waals surface area (Å²) in [5, 5.41) is 3.37. The zero-order valence-corrected chi connectivity index (χ0v) is 22.3. The number of rotatable bonds is 11. The summed E-state index contributed by atoms with van der Waals surface area (Å²) in [6.07, 6.45) is 0.707. The molecule has 0 fully saturated rings. The van der Waals surface area contributed by atoms with Gasteiger partial charge < -0.3 is 10.2 Å². The van der Waals surface area contributed by atoms with Crippen LogP contribution in [0.2, 0.25) is 10.0 Å². The van der Waals surface area contributed by atoms with Gasteiger partial charge in [-0.05, 0) is 55.3 Å². The highest BCUT2D eigenvalue weighted by Crippen LogP contribution is 2.25. The number of hydrogen-bond donors (Lipinski definition) is 1. The van der Waals surface area contributed by atoms with Gasteiger partial charge in [-0.2, -0.15) is 12.7 Å². The lowest BCUT2D eigenvalue weighted by Gasteiger charge is -2.32. The first-order chi connectivity index (χ1) is 16.4. The van der Waals surface area contributed by atoms with Crippen LogP contribution in [0.25, 0.3) is 0 Å². The molecule has 0 bridgehead atoms. The summed E-state index contributed by atoms with van der Waals surface area (Å²) in [7, 11) is -1.47. The van der Waals surface area contributed by atoms with Crippen molar-refractivity contribution in [3.8, 4) is 0 Å². The van der Waals surface area contributed by atoms with Crippen molar-refractivity contribution in [1.29, 1.82) is 0 Å². The average molecular weight is 547 g/mol. The molecule has 2 amide bonds. The molecule has 1 unspecified atom stereocenters. The quantitative estimate of drug-likeness (QED) is 0.465. The minimum atomic E-state index is -4.12. The number of hydrogen-bond acceptors (Lipinski definition) is 4. The van der Waals surface area contributed by atoms with Crippen molar-refractivity contribution >= 4 is 50.9 Å². The van der Waals surface area contributed by atoms with Crippen LogP contribution in [0.3, 0.4) is 0 Å². The van der Waals surface area contributed by atoms with E-state index in [0.29, 0.717) is 23.6 Å². The lowest BCUT2D eigenvalue weighted by molar-refractivity contribution is -0.139. The molecule has 0 radical (unpaired) electrons. The largest absolute Gasteiger partial charge is 0.354 e. The molecule has 2 aromatic carbocycles. The standard InChI is InChI=1S/C23H29Cl2FN4O4S/c1-5-12-27-23(32)16(2)29(14-17-6-11-20(24)21(25)13-17)22(31)15-30(35(33,34)28(3)4)19-9-7-18(26)8-10-19/h6-11,13,16H,5,12,14-15H2,1-4H3,(H,27,32). The van der Waals surface area contributed by atoms with Gasteiger partial charge in [0.25, 0.3) is 0 Å². The van der Waals surface area contributed by atoms with Crippen LogP contribution in [0.15, 0.2) is 42.5 Å². The minimum Gasteiger partial charge on any atom is -0.354 e. The van der Waals surface area contributed by atoms with Crippen LogP contribution in [-0.2, 0) is 26.3 Å². The molecule has 0 aliphatic rings. The molecule has 0 saturated heterocycles. The normalized spacial score (nSPS) is 12.3. The van der Waals surface area contributed by atoms with E-state index in [0.717, 1.165) is 20.7 Å². The maximum absolute atomic E-state index is 13.5. The van der Waals surface area contributed by atoms with E-state index in [1.54, 1.807) is 25.1 Å². The molecule has 2 aromatic rings. The summed E-state index contributed by atoms with van der Waals surface area (Å²) in [6, 6.07) is 8.65. The van der Waals surface area contributed by atoms with Crippen LogP contribution in [0.5, 0.6) is 0 Å². The number of carbonyl (C=O) groups is 2. The molecule has 8 nitrogen and oxygen atoms in total. The zero-order valence-electron chi connectivity index (χ0n) is 20.0. The Kier molecular flexibility index (Phi) is 10.3. The Bertz CT molecular complexity index is 1150. The highest BCUT2D eigenvalue weighted by molar-refractivity contribution is 7.90. The van der Waals surface area contributed by atoms with E-state index in [1.165, 1.54) is 31.1 Å². The maximum Gasteiger partial charge on any atom is 0.304 e. The molecular formula is C23H29Cl2FN4O4S. The molecule has 0 heterocycles. The van der Waals surface area contributed by atoms with Crippen molar-refractivity contribution in [2.24, 2.45) is 0 Å². The van der Waals surface area contributed by atoms with Gasteiger partial charge in [0.15, 0.2) is 0 Å². The Morgan fingerprint density at radius 2 is 1.69 bits per heavy atom. The van der Waals surface area contributed by atoms with Gasteiger partial charge in [0.05, 0.1) is 15.7 Å². The molecule has 1 atom stereocenters. The van der Waals surface area contributed by atoms with Gasteiger partial charge in [0.2, 0.25) is 11.8 Å². The van der Waals surface area contributed by atoms with Crippen molar-refractivity contribution in [3.63, 3.8) is 0 Å². The fourth-order valence-corrected chi connectivity index (χ4v) is 4.51. The topological polar surface area (TPSA) is 90.0 Å². The second-order valence-corrected chi connectivity index (χ2v) is 10.9. The fourth-order valence-electron chi connectivity index (χ4n) is 3.14. The van der Waals surface area contributed by atoms with E-state index >= 15 is 0 Å². The lowest BCUT2D eigenvalue weighted by atomic mass is 10.1. The van der Waals surface area contributed by atoms with E-state index in [-0.39, 0.29) is 23.2 Å². The summed E-state index contributed by atoms with van der Waals surface area (Å²) in [4.78, 5) is 27.5. The number of nitrogens with one attached hydrogen (secondary N) is 1. The number of anilines is 1. The third-order valence-corrected chi connectivity index (χ3v) is 7.75. The molecule has 0 spiro atoms. The number of nitrogens with zero attached hydrogens (tertiary/aromatic N) is 3. The van der Waals surface area contributed by atoms with Gasteiger partial charge in [0, 0.05) is 27.2 Å². The molecule has 12 heteroatoms. The Labute approximate surface area is 215 Å². The van der Waals surface area contributed by atoms with E-state index in [2.05, 4.69) is 5.32 Å². The van der Waals surface area contributed by atoms with Gasteiger partial charge in [-0.1, -0.05) is 36.2 Å². The SMILES string of the molecule is CCCNC(=O)C(C)N(Cc1ccc(Cl)c(Cl)c1)C(=O)CN(c1ccc(F)cc1)S(=O)(=O)N(C)C. The molecule has 2 rings (SSSR count). The van der Waals surface area contributed by atoms with Crippen molar-refractivity contribution < 1.29 is 22.4 Å². The number of amides is 2. The summed E-state index contributed by atoms with van der Waals surface area (Å²) in [5.41, 5.74) is 0.706. The summed E-state index contributed by atoms with van der Waals surface area (Å²) < 4.78 is 41.4. The maximum atomic E-state index is 13.5. The van der Waals surface area contributed by atoms with Crippen molar-refractivity contribution in [2.75, 3.05) is 31.5 Å². The first-order valence-corrected chi connectivity index (χ1v) is 13.0. The van der Waals surface area contributed by atoms with Crippen LogP contribution in [0.4, 0.5) is 10.1 Å². The highest BCUT2D eigenvalue weighted by Gasteiger charge is 2.32. The molecule has 0 saturated carbocycles. The second kappa shape index (κ2) is 12.5. The molecule has 0 aromatic heterocycles. The summed E-state index contributed by atoms with van der Waals surface area (Å²) in [6.45, 7) is 3.25. The van der Waals surface area contributed by atoms with Gasteiger partial charge >= 0.3 is 10.2 Å². The van der Waals surface area contributed by atoms with Gasteiger partial charge in [0.1, 0.15) is 18.4 Å². The van der Waals surface area contributed by atoms with E-state index in [9.17, 15) is 22.4 Å². The monoisotopic (exact) mass is 546 g/mol. The molecule has 0 aliphatic carbocycles. The first-order valence-electron chi connectivity index (χ1n) is 10.8. The van der Waals surface area contributed by atoms with Gasteiger partial charge in [-0.15, -0.1) is 0 Å². The van der Waals surface area contributed by atoms with Crippen LogP contribution in [0, 0.1) is 5.82 Å². The molecule has 192 valence electrons. The smallest absolute Gasteiger partial charge is 0.304 e. The molecule has 1 N–H and O–H groups in total. The van der Waals surface area contributed by atoms with Gasteiger partial charge in [-0.25, -0.2) is 8.70 Å². The average Bonchev–Trinajstić information content (AvgIpc) is 2.81. The van der Waals surface area contributed by atoms with E-state index in [1.807, 2.05) is 6.92 Å². The van der Waals surface area contributed by atoms with E-state index < -0.39 is 34.5 Å². The second-order valence-electron chi connectivity index (χ2n) is 8.01. The highest BCUT2D eigenvalue weighted by atomic mass is 35.5. The van der Waals surface area contributed by atoms with Gasteiger partial charge in [-0.3, -0.25) is 9.59 Å². The Hall–Kier alpha value is -2.40. The molecule has 35 heavy (non-hydrogen) atoms. The first kappa shape index (κ1) is 28.8. The van der Waals surface area contributed by atoms with Crippen LogP contribution in [-0.4, -0.2) is 62.7 Å². The number of halogens is 3. The van der Waals surface area contributed by atoms with Crippen LogP contribution in [0.1, 0.15) is 25.8 Å². The van der Waals surface area contributed by atoms with Crippen LogP contribution >= 0.6 is 23.2 Å². The minimum absolute atomic E-state index is 0.0182. The zero-order chi connectivity index (χ0) is 26.3. The molecular weight excluding hydrogens is 518 g/mol. The molecule has 0 aliphatic heterocycles. The third-order valence-electron chi connectivity index (χ3n) is 5.19. The predicted octanol–water partition coefficient (Wildman–Crippen LogP) is 3.69. The Morgan fingerprint density at radius 1 is 1.06 bits per heavy atom. The van der Waals surface area contributed by atoms with Crippen LogP contribution < -0.4 is 9.62 Å². The lowest BCUT2D eigenvalue weighted by Crippen LogP contribution is -2.52. The summed E-state index contributed by atoms with van der Waals surface area (Å²) >= 11 is 12.1. The van der Waals surface area contributed by atoms with Crippen molar-refractivity contribution in [3.05, 3.63) is 63.9 Å². The number of carbonyl (C=O) groups excluding carboxylic acids is 2. The Balaban J connectivity index is 2.45. The Morgan fingerprint density at radius 3 is 2.23 bits per heavy atom. The predicted molar refractivity (Wildman–Crippen MR) is 136 cm³/mol. The summed E-state index contributed by atoms with van der Waals surface area (Å²) in [5.74, 6) is -1.57. The third kappa shape index (κ3) is 7.54. The number of benzene rings is 2. The van der Waals surface area contributed by atoms with Crippen molar-refractivity contribution in [2.45, 2.75) is 32.9 Å². The van der Waals surface area contributed by atoms with Crippen molar-refractivity contribution in [1.82, 2.24) is 14.5 Å². The van der Waals surface area contributed by atoms with E-state index in [4.69, 9.17) is 23.2 Å². The fraction of sp³-hybridized carbons (Fsp3) is 0.391.